The van der Waals surface area contributed by atoms with Crippen molar-refractivity contribution in [3.63, 3.8) is 0 Å². The van der Waals surface area contributed by atoms with Gasteiger partial charge in [0.15, 0.2) is 17.0 Å². The molecule has 1 amide bonds. The van der Waals surface area contributed by atoms with Gasteiger partial charge in [0.1, 0.15) is 6.61 Å². The second-order valence-corrected chi connectivity index (χ2v) is 9.42. The van der Waals surface area contributed by atoms with E-state index in [9.17, 15) is 14.9 Å². The third-order valence-electron chi connectivity index (χ3n) is 6.96. The summed E-state index contributed by atoms with van der Waals surface area (Å²) in [6.45, 7) is 4.37. The van der Waals surface area contributed by atoms with E-state index >= 15 is 0 Å². The van der Waals surface area contributed by atoms with Crippen molar-refractivity contribution in [2.45, 2.75) is 44.0 Å². The molecule has 0 radical (unpaired) electrons. The summed E-state index contributed by atoms with van der Waals surface area (Å²) in [6.07, 6.45) is 0. The van der Waals surface area contributed by atoms with E-state index in [4.69, 9.17) is 21.1 Å². The van der Waals surface area contributed by atoms with Gasteiger partial charge >= 0.3 is 0 Å². The summed E-state index contributed by atoms with van der Waals surface area (Å²) in [5, 5.41) is 19.3. The van der Waals surface area contributed by atoms with Gasteiger partial charge in [-0.15, -0.1) is 0 Å². The molecule has 2 aliphatic rings. The zero-order valence-electron chi connectivity index (χ0n) is 19.9. The Hall–Kier alpha value is -3.62. The first-order valence-corrected chi connectivity index (χ1v) is 12.2. The summed E-state index contributed by atoms with van der Waals surface area (Å²) < 4.78 is 11.9. The lowest BCUT2D eigenvalue weighted by Crippen LogP contribution is -2.54. The van der Waals surface area contributed by atoms with Gasteiger partial charge in [-0.3, -0.25) is 20.2 Å². The number of hydrogen-bond acceptors (Lipinski definition) is 6. The van der Waals surface area contributed by atoms with Crippen LogP contribution in [0.4, 0.5) is 5.69 Å². The van der Waals surface area contributed by atoms with Crippen LogP contribution in [0, 0.1) is 10.1 Å². The number of halogens is 1. The molecule has 4 atom stereocenters. The van der Waals surface area contributed by atoms with Gasteiger partial charge in [0.2, 0.25) is 0 Å². The molecule has 1 fully saturated rings. The van der Waals surface area contributed by atoms with Gasteiger partial charge in [-0.1, -0.05) is 54.1 Å². The van der Waals surface area contributed by atoms with E-state index in [0.717, 1.165) is 5.56 Å². The van der Waals surface area contributed by atoms with Gasteiger partial charge in [0.05, 0.1) is 12.5 Å². The van der Waals surface area contributed by atoms with Crippen LogP contribution in [0.15, 0.2) is 66.7 Å². The van der Waals surface area contributed by atoms with Crippen molar-refractivity contribution in [2.24, 2.45) is 0 Å². The molecule has 0 saturated carbocycles. The van der Waals surface area contributed by atoms with Crippen LogP contribution < -0.4 is 20.1 Å². The molecule has 3 aromatic carbocycles. The molecular weight excluding hydrogens is 482 g/mol. The number of nitro groups is 1. The van der Waals surface area contributed by atoms with Crippen LogP contribution in [0.2, 0.25) is 5.02 Å². The quantitative estimate of drug-likeness (QED) is 0.349. The first kappa shape index (κ1) is 24.1. The smallest absolute Gasteiger partial charge is 0.256 e. The van der Waals surface area contributed by atoms with Crippen molar-refractivity contribution in [1.82, 2.24) is 5.32 Å². The van der Waals surface area contributed by atoms with Crippen LogP contribution in [0.3, 0.4) is 0 Å². The highest BCUT2D eigenvalue weighted by Gasteiger charge is 2.67. The number of nitrogens with one attached hydrogen (secondary N) is 2. The van der Waals surface area contributed by atoms with Crippen LogP contribution >= 0.6 is 11.6 Å². The van der Waals surface area contributed by atoms with Crippen molar-refractivity contribution in [2.75, 3.05) is 11.9 Å². The summed E-state index contributed by atoms with van der Waals surface area (Å²) in [7, 11) is 0. The summed E-state index contributed by atoms with van der Waals surface area (Å²) in [5.74, 6) is -0.0118. The summed E-state index contributed by atoms with van der Waals surface area (Å²) in [6, 6.07) is 18.3. The lowest BCUT2D eigenvalue weighted by atomic mass is 9.78. The molecule has 2 aliphatic heterocycles. The third-order valence-corrected chi connectivity index (χ3v) is 7.33. The maximum atomic E-state index is 13.2. The van der Waals surface area contributed by atoms with Gasteiger partial charge in [-0.2, -0.15) is 0 Å². The van der Waals surface area contributed by atoms with Crippen molar-refractivity contribution < 1.29 is 19.2 Å². The molecule has 1 spiro atoms. The largest absolute Gasteiger partial charge is 0.490 e. The van der Waals surface area contributed by atoms with Crippen LogP contribution in [-0.4, -0.2) is 29.5 Å². The van der Waals surface area contributed by atoms with E-state index in [2.05, 4.69) is 10.6 Å². The number of nitrogens with zero attached hydrogens (tertiary/aromatic N) is 1. The van der Waals surface area contributed by atoms with Crippen molar-refractivity contribution in [1.29, 1.82) is 0 Å². The number of amides is 1. The summed E-state index contributed by atoms with van der Waals surface area (Å²) in [5.41, 5.74) is 1.25. The molecule has 186 valence electrons. The Labute approximate surface area is 213 Å². The lowest BCUT2D eigenvalue weighted by Gasteiger charge is -2.25. The van der Waals surface area contributed by atoms with Gasteiger partial charge in [0, 0.05) is 32.8 Å². The Balaban J connectivity index is 1.51. The van der Waals surface area contributed by atoms with Gasteiger partial charge in [0.25, 0.3) is 11.9 Å². The van der Waals surface area contributed by atoms with Gasteiger partial charge in [-0.25, -0.2) is 0 Å². The average Bonchev–Trinajstić information content (AvgIpc) is 3.33. The minimum atomic E-state index is -1.46. The number of carbonyl (C=O) groups excluding carboxylic acids is 1. The number of anilines is 1. The highest BCUT2D eigenvalue weighted by molar-refractivity contribution is 6.31. The zero-order chi connectivity index (χ0) is 25.4. The second-order valence-electron chi connectivity index (χ2n) is 9.02. The number of para-hydroxylation sites is 1. The normalized spacial score (nSPS) is 24.4. The second kappa shape index (κ2) is 9.44. The fourth-order valence-corrected chi connectivity index (χ4v) is 5.63. The number of rotatable bonds is 7. The van der Waals surface area contributed by atoms with E-state index in [-0.39, 0.29) is 17.6 Å². The van der Waals surface area contributed by atoms with E-state index < -0.39 is 23.4 Å². The van der Waals surface area contributed by atoms with E-state index in [1.165, 1.54) is 0 Å². The van der Waals surface area contributed by atoms with Crippen molar-refractivity contribution in [3.8, 4) is 11.5 Å². The zero-order valence-corrected chi connectivity index (χ0v) is 20.6. The lowest BCUT2D eigenvalue weighted by molar-refractivity contribution is -0.532. The number of ether oxygens (including phenoxy) is 2. The van der Waals surface area contributed by atoms with Crippen molar-refractivity contribution >= 4 is 23.2 Å². The van der Waals surface area contributed by atoms with Crippen LogP contribution in [-0.2, 0) is 16.9 Å². The molecule has 5 rings (SSSR count). The molecule has 0 unspecified atom stereocenters. The molecule has 0 aromatic heterocycles. The predicted octanol–water partition coefficient (Wildman–Crippen LogP) is 4.89. The molecule has 2 N–H and O–H groups in total. The SMILES string of the molecule is CCOc1cc([C@@H]2[C@H](C)N[C@@]3(C(=O)Nc4ccccc43)[C@@H]2[N+](=O)[O-])ccc1OCc1ccccc1Cl. The van der Waals surface area contributed by atoms with Gasteiger partial charge in [-0.05, 0) is 43.7 Å². The maximum absolute atomic E-state index is 13.2. The Kier molecular flexibility index (Phi) is 6.32. The Morgan fingerprint density at radius 1 is 1.06 bits per heavy atom. The molecule has 3 aromatic rings. The Bertz CT molecular complexity index is 1330. The standard InChI is InChI=1S/C27H26ClN3O5/c1-3-35-23-14-17(12-13-22(23)36-15-18-8-4-6-10-20(18)28)24-16(2)30-27(25(24)31(33)34)19-9-5-7-11-21(19)29-26(27)32/h4-14,16,24-25,30H,3,15H2,1-2H3,(H,29,32)/t16-,24-,25+,27+/m0/s1. The number of benzene rings is 3. The number of carbonyl (C=O) groups is 1. The number of fused-ring (bicyclic) bond motifs is 2. The summed E-state index contributed by atoms with van der Waals surface area (Å²) >= 11 is 6.26. The maximum Gasteiger partial charge on any atom is 0.256 e. The fraction of sp³-hybridized carbons (Fsp3) is 0.296. The Morgan fingerprint density at radius 3 is 2.56 bits per heavy atom. The van der Waals surface area contributed by atoms with Crippen molar-refractivity contribution in [3.05, 3.63) is 98.6 Å². The minimum Gasteiger partial charge on any atom is -0.490 e. The minimum absolute atomic E-state index is 0.248. The molecule has 8 nitrogen and oxygen atoms in total. The fourth-order valence-electron chi connectivity index (χ4n) is 5.44. The molecule has 0 aliphatic carbocycles. The summed E-state index contributed by atoms with van der Waals surface area (Å²) in [4.78, 5) is 25.4. The first-order chi connectivity index (χ1) is 17.4. The average molecular weight is 508 g/mol. The molecule has 1 saturated heterocycles. The van der Waals surface area contributed by atoms with Crippen LogP contribution in [0.1, 0.15) is 36.5 Å². The molecule has 2 heterocycles. The molecule has 0 bridgehead atoms. The van der Waals surface area contributed by atoms with E-state index in [0.29, 0.717) is 39.9 Å². The van der Waals surface area contributed by atoms with E-state index in [1.807, 2.05) is 38.1 Å². The molecule has 9 heteroatoms. The van der Waals surface area contributed by atoms with Gasteiger partial charge < -0.3 is 14.8 Å². The Morgan fingerprint density at radius 2 is 1.81 bits per heavy atom. The first-order valence-electron chi connectivity index (χ1n) is 11.8. The highest BCUT2D eigenvalue weighted by atomic mass is 35.5. The topological polar surface area (TPSA) is 103 Å². The monoisotopic (exact) mass is 507 g/mol. The van der Waals surface area contributed by atoms with E-state index in [1.54, 1.807) is 42.5 Å². The predicted molar refractivity (Wildman–Crippen MR) is 136 cm³/mol. The number of hydrogen-bond donors (Lipinski definition) is 2. The molecule has 36 heavy (non-hydrogen) atoms. The van der Waals surface area contributed by atoms with Crippen LogP contribution in [0.25, 0.3) is 0 Å². The van der Waals surface area contributed by atoms with Crippen LogP contribution in [0.5, 0.6) is 11.5 Å². The molecular formula is C27H26ClN3O5. The highest BCUT2D eigenvalue weighted by Crippen LogP contribution is 2.50. The third kappa shape index (κ3) is 3.86.